The molecule has 0 amide bonds. The molecule has 0 saturated carbocycles. The molecule has 0 unspecified atom stereocenters. The molecule has 2 aliphatic heterocycles. The molecule has 3 rings (SSSR count). The van der Waals surface area contributed by atoms with Crippen molar-refractivity contribution >= 4 is 17.3 Å². The monoisotopic (exact) mass is 506 g/mol. The van der Waals surface area contributed by atoms with E-state index in [1.54, 1.807) is 0 Å². The third-order valence-electron chi connectivity index (χ3n) is 5.74. The molecule has 0 spiro atoms. The molecule has 0 radical (unpaired) electrons. The number of nitrogens with one attached hydrogen (secondary N) is 1. The topological polar surface area (TPSA) is 262 Å². The zero-order valence-corrected chi connectivity index (χ0v) is 17.9. The number of hydrogen-bond donors (Lipinski definition) is 9. The number of ether oxygens (including phenoxy) is 3. The van der Waals surface area contributed by atoms with E-state index in [4.69, 9.17) is 19.3 Å². The lowest BCUT2D eigenvalue weighted by Gasteiger charge is -2.46. The van der Waals surface area contributed by atoms with Gasteiger partial charge in [-0.05, 0) is 12.1 Å². The van der Waals surface area contributed by atoms with E-state index in [0.29, 0.717) is 0 Å². The van der Waals surface area contributed by atoms with Crippen molar-refractivity contribution in [2.45, 2.75) is 61.3 Å². The van der Waals surface area contributed by atoms with Gasteiger partial charge >= 0.3 is 5.97 Å². The number of nitrogens with zero attached hydrogens (tertiary/aromatic N) is 1. The SMILES string of the molecule is O=C(O)c1ccc(N[C@H]2O[C@H](CO)[C@@H](O[C@H]3O[C@@H](CO)[C@H](O)[C@@H](O)[C@@H]3O)[C@H](O)[C@H]2O)cc1[N+](=O)[O-]. The van der Waals surface area contributed by atoms with Gasteiger partial charge in [-0.2, -0.15) is 0 Å². The summed E-state index contributed by atoms with van der Waals surface area (Å²) in [5.41, 5.74) is -1.36. The van der Waals surface area contributed by atoms with Gasteiger partial charge in [-0.15, -0.1) is 0 Å². The van der Waals surface area contributed by atoms with Crippen molar-refractivity contribution in [2.24, 2.45) is 0 Å². The molecule has 16 nitrogen and oxygen atoms in total. The van der Waals surface area contributed by atoms with Crippen molar-refractivity contribution in [2.75, 3.05) is 18.5 Å². The minimum atomic E-state index is -1.82. The van der Waals surface area contributed by atoms with Crippen LogP contribution in [0.1, 0.15) is 10.4 Å². The minimum Gasteiger partial charge on any atom is -0.477 e. The summed E-state index contributed by atoms with van der Waals surface area (Å²) in [7, 11) is 0. The first-order valence-corrected chi connectivity index (χ1v) is 10.4. The van der Waals surface area contributed by atoms with E-state index < -0.39 is 96.7 Å². The zero-order chi connectivity index (χ0) is 26.0. The minimum absolute atomic E-state index is 0.0389. The highest BCUT2D eigenvalue weighted by Gasteiger charge is 2.50. The fourth-order valence-corrected chi connectivity index (χ4v) is 3.83. The van der Waals surface area contributed by atoms with Gasteiger partial charge in [0, 0.05) is 11.8 Å². The number of aliphatic hydroxyl groups excluding tert-OH is 7. The van der Waals surface area contributed by atoms with Gasteiger partial charge < -0.3 is 60.4 Å². The molecule has 0 bridgehead atoms. The molecular weight excluding hydrogens is 480 g/mol. The number of carboxylic acid groups (broad SMARTS) is 1. The molecule has 2 saturated heterocycles. The van der Waals surface area contributed by atoms with Crippen LogP contribution in [-0.2, 0) is 14.2 Å². The summed E-state index contributed by atoms with van der Waals surface area (Å²) in [5.74, 6) is -1.53. The lowest BCUT2D eigenvalue weighted by molar-refractivity contribution is -0.385. The van der Waals surface area contributed by atoms with Crippen molar-refractivity contribution in [3.05, 3.63) is 33.9 Å². The number of carboxylic acids is 1. The Morgan fingerprint density at radius 2 is 1.63 bits per heavy atom. The van der Waals surface area contributed by atoms with Crippen LogP contribution in [0.25, 0.3) is 0 Å². The number of aliphatic hydroxyl groups is 7. The molecule has 35 heavy (non-hydrogen) atoms. The van der Waals surface area contributed by atoms with Crippen molar-refractivity contribution in [1.29, 1.82) is 0 Å². The molecule has 1 aromatic carbocycles. The molecule has 0 aliphatic carbocycles. The Labute approximate surface area is 196 Å². The van der Waals surface area contributed by atoms with Gasteiger partial charge in [0.05, 0.1) is 18.1 Å². The van der Waals surface area contributed by atoms with E-state index in [2.05, 4.69) is 5.32 Å². The lowest BCUT2D eigenvalue weighted by atomic mass is 9.96. The third kappa shape index (κ3) is 5.51. The predicted octanol–water partition coefficient (Wildman–Crippen LogP) is -3.67. The number of nitro groups is 1. The van der Waals surface area contributed by atoms with Crippen molar-refractivity contribution < 1.29 is 64.8 Å². The van der Waals surface area contributed by atoms with Crippen LogP contribution in [-0.4, -0.2) is 126 Å². The highest BCUT2D eigenvalue weighted by Crippen LogP contribution is 2.31. The first kappa shape index (κ1) is 27.1. The molecule has 196 valence electrons. The zero-order valence-electron chi connectivity index (χ0n) is 17.9. The molecule has 1 aromatic rings. The molecule has 2 heterocycles. The summed E-state index contributed by atoms with van der Waals surface area (Å²) in [6.45, 7) is -1.51. The second-order valence-electron chi connectivity index (χ2n) is 8.00. The maximum atomic E-state index is 11.2. The molecule has 10 atom stereocenters. The Morgan fingerprint density at radius 3 is 2.20 bits per heavy atom. The van der Waals surface area contributed by atoms with E-state index in [1.807, 2.05) is 0 Å². The first-order valence-electron chi connectivity index (χ1n) is 10.4. The molecule has 2 aliphatic rings. The maximum Gasteiger partial charge on any atom is 0.342 e. The van der Waals surface area contributed by atoms with Crippen LogP contribution >= 0.6 is 0 Å². The number of rotatable bonds is 8. The molecular formula is C19H26N2O14. The Balaban J connectivity index is 1.76. The number of carbonyl (C=O) groups is 1. The van der Waals surface area contributed by atoms with Gasteiger partial charge in [0.1, 0.15) is 54.4 Å². The second kappa shape index (κ2) is 11.0. The molecule has 0 aromatic heterocycles. The van der Waals surface area contributed by atoms with Crippen LogP contribution in [0, 0.1) is 10.1 Å². The standard InChI is InChI=1S/C19H26N2O14/c22-4-9-11(24)12(25)15(28)19(34-9)35-16-10(5-23)33-17(14(27)13(16)26)20-6-1-2-7(18(29)30)8(3-6)21(31)32/h1-3,9-17,19-20,22-28H,4-5H2,(H,29,30)/t9-,10+,11-,12+,13+,14+,15-,16+,17-,19+/m0/s1. The van der Waals surface area contributed by atoms with Gasteiger partial charge in [-0.3, -0.25) is 10.1 Å². The van der Waals surface area contributed by atoms with Crippen LogP contribution < -0.4 is 5.32 Å². The number of benzene rings is 1. The highest BCUT2D eigenvalue weighted by atomic mass is 16.7. The van der Waals surface area contributed by atoms with Gasteiger partial charge in [-0.25, -0.2) is 4.79 Å². The van der Waals surface area contributed by atoms with Crippen molar-refractivity contribution in [3.63, 3.8) is 0 Å². The van der Waals surface area contributed by atoms with E-state index in [9.17, 15) is 50.7 Å². The highest BCUT2D eigenvalue weighted by molar-refractivity contribution is 5.93. The van der Waals surface area contributed by atoms with E-state index in [1.165, 1.54) is 6.07 Å². The van der Waals surface area contributed by atoms with Crippen LogP contribution in [0.3, 0.4) is 0 Å². The normalized spacial score (nSPS) is 37.6. The summed E-state index contributed by atoms with van der Waals surface area (Å²) >= 11 is 0. The van der Waals surface area contributed by atoms with Crippen LogP contribution in [0.4, 0.5) is 11.4 Å². The first-order chi connectivity index (χ1) is 16.5. The molecule has 16 heteroatoms. The number of hydrogen-bond acceptors (Lipinski definition) is 14. The van der Waals surface area contributed by atoms with Crippen molar-refractivity contribution in [3.8, 4) is 0 Å². The summed E-state index contributed by atoms with van der Waals surface area (Å²) in [4.78, 5) is 21.5. The Hall–Kier alpha value is -2.51. The Morgan fingerprint density at radius 1 is 0.971 bits per heavy atom. The number of anilines is 1. The third-order valence-corrected chi connectivity index (χ3v) is 5.74. The fraction of sp³-hybridized carbons (Fsp3) is 0.632. The van der Waals surface area contributed by atoms with E-state index in [-0.39, 0.29) is 5.69 Å². The lowest BCUT2D eigenvalue weighted by Crippen LogP contribution is -2.65. The molecule has 9 N–H and O–H groups in total. The summed E-state index contributed by atoms with van der Waals surface area (Å²) in [6, 6.07) is 3.02. The summed E-state index contributed by atoms with van der Waals surface area (Å²) in [5, 5.41) is 92.9. The Bertz CT molecular complexity index is 914. The number of aromatic carboxylic acids is 1. The predicted molar refractivity (Wildman–Crippen MR) is 110 cm³/mol. The van der Waals surface area contributed by atoms with Gasteiger partial charge in [0.2, 0.25) is 0 Å². The summed E-state index contributed by atoms with van der Waals surface area (Å²) in [6.07, 6.45) is -16.2. The Kier molecular flexibility index (Phi) is 8.54. The average Bonchev–Trinajstić information content (AvgIpc) is 2.83. The van der Waals surface area contributed by atoms with E-state index >= 15 is 0 Å². The van der Waals surface area contributed by atoms with Gasteiger partial charge in [0.25, 0.3) is 5.69 Å². The van der Waals surface area contributed by atoms with Crippen LogP contribution in [0.5, 0.6) is 0 Å². The van der Waals surface area contributed by atoms with Gasteiger partial charge in [0.15, 0.2) is 12.5 Å². The second-order valence-corrected chi connectivity index (χ2v) is 8.00. The largest absolute Gasteiger partial charge is 0.477 e. The maximum absolute atomic E-state index is 11.2. The smallest absolute Gasteiger partial charge is 0.342 e. The van der Waals surface area contributed by atoms with Crippen molar-refractivity contribution in [1.82, 2.24) is 0 Å². The van der Waals surface area contributed by atoms with Crippen LogP contribution in [0.2, 0.25) is 0 Å². The quantitative estimate of drug-likeness (QED) is 0.121. The fourth-order valence-electron chi connectivity index (χ4n) is 3.83. The van der Waals surface area contributed by atoms with E-state index in [0.717, 1.165) is 12.1 Å². The molecule has 2 fully saturated rings. The number of nitro benzene ring substituents is 1. The summed E-state index contributed by atoms with van der Waals surface area (Å²) < 4.78 is 16.2. The average molecular weight is 506 g/mol. The van der Waals surface area contributed by atoms with Crippen LogP contribution in [0.15, 0.2) is 18.2 Å². The van der Waals surface area contributed by atoms with Gasteiger partial charge in [-0.1, -0.05) is 0 Å².